The zero-order valence-electron chi connectivity index (χ0n) is 20.2. The first kappa shape index (κ1) is 21.0. The molecule has 8 rings (SSSR count). The van der Waals surface area contributed by atoms with Crippen molar-refractivity contribution in [1.82, 2.24) is 0 Å². The number of furan rings is 2. The summed E-state index contributed by atoms with van der Waals surface area (Å²) in [5.74, 6) is -0.281. The molecule has 0 saturated heterocycles. The summed E-state index contributed by atoms with van der Waals surface area (Å²) in [6.45, 7) is 0. The molecule has 38 heavy (non-hydrogen) atoms. The maximum atomic E-state index is 14.1. The minimum Gasteiger partial charge on any atom is -0.455 e. The van der Waals surface area contributed by atoms with E-state index in [4.69, 9.17) is 8.83 Å². The summed E-state index contributed by atoms with van der Waals surface area (Å²) in [5.41, 5.74) is 5.97. The molecule has 2 heterocycles. The second-order valence-corrected chi connectivity index (χ2v) is 9.48. The third-order valence-electron chi connectivity index (χ3n) is 7.31. The van der Waals surface area contributed by atoms with Gasteiger partial charge in [-0.2, -0.15) is 0 Å². The lowest BCUT2D eigenvalue weighted by Gasteiger charge is -2.27. The Morgan fingerprint density at radius 1 is 0.447 bits per heavy atom. The highest BCUT2D eigenvalue weighted by Crippen LogP contribution is 2.47. The second-order valence-electron chi connectivity index (χ2n) is 9.48. The number of rotatable bonds is 3. The molecular formula is C34H20FNO2. The number of benzene rings is 6. The molecule has 3 nitrogen and oxygen atoms in total. The molecular weight excluding hydrogens is 473 g/mol. The Morgan fingerprint density at radius 3 is 1.74 bits per heavy atom. The van der Waals surface area contributed by atoms with Gasteiger partial charge in [0, 0.05) is 38.0 Å². The van der Waals surface area contributed by atoms with E-state index in [-0.39, 0.29) is 5.82 Å². The van der Waals surface area contributed by atoms with Crippen molar-refractivity contribution in [3.8, 4) is 0 Å². The predicted molar refractivity (Wildman–Crippen MR) is 153 cm³/mol. The van der Waals surface area contributed by atoms with Crippen molar-refractivity contribution in [2.75, 3.05) is 4.90 Å². The van der Waals surface area contributed by atoms with E-state index in [1.54, 1.807) is 0 Å². The lowest BCUT2D eigenvalue weighted by atomic mass is 10.0. The van der Waals surface area contributed by atoms with Crippen LogP contribution in [0, 0.1) is 5.82 Å². The van der Waals surface area contributed by atoms with Crippen LogP contribution in [0.15, 0.2) is 130 Å². The van der Waals surface area contributed by atoms with Crippen molar-refractivity contribution in [1.29, 1.82) is 0 Å². The summed E-state index contributed by atoms with van der Waals surface area (Å²) >= 11 is 0. The Bertz CT molecular complexity index is 2150. The van der Waals surface area contributed by atoms with Crippen molar-refractivity contribution in [3.05, 3.63) is 127 Å². The molecule has 0 radical (unpaired) electrons. The monoisotopic (exact) mass is 493 g/mol. The Morgan fingerprint density at radius 2 is 1.00 bits per heavy atom. The highest BCUT2D eigenvalue weighted by molar-refractivity contribution is 6.20. The normalized spacial score (nSPS) is 11.8. The fraction of sp³-hybridized carbons (Fsp3) is 0. The van der Waals surface area contributed by atoms with Crippen LogP contribution in [0.4, 0.5) is 21.5 Å². The largest absolute Gasteiger partial charge is 0.455 e. The van der Waals surface area contributed by atoms with Gasteiger partial charge < -0.3 is 13.7 Å². The predicted octanol–water partition coefficient (Wildman–Crippen LogP) is 10.2. The van der Waals surface area contributed by atoms with E-state index < -0.39 is 0 Å². The summed E-state index contributed by atoms with van der Waals surface area (Å²) in [5, 5.41) is 6.21. The van der Waals surface area contributed by atoms with Gasteiger partial charge in [0.25, 0.3) is 0 Å². The van der Waals surface area contributed by atoms with Gasteiger partial charge in [-0.05, 0) is 48.5 Å². The van der Waals surface area contributed by atoms with Crippen LogP contribution in [-0.4, -0.2) is 0 Å². The molecule has 0 spiro atoms. The van der Waals surface area contributed by atoms with Gasteiger partial charge in [-0.3, -0.25) is 0 Å². The van der Waals surface area contributed by atoms with E-state index in [1.807, 2.05) is 66.7 Å². The molecule has 2 aromatic heterocycles. The molecule has 0 aliphatic heterocycles. The van der Waals surface area contributed by atoms with Crippen molar-refractivity contribution >= 4 is 71.7 Å². The molecule has 0 N–H and O–H groups in total. The van der Waals surface area contributed by atoms with Gasteiger partial charge in [0.1, 0.15) is 22.6 Å². The summed E-state index contributed by atoms with van der Waals surface area (Å²) in [6, 6.07) is 39.4. The first-order chi connectivity index (χ1) is 18.8. The van der Waals surface area contributed by atoms with Crippen LogP contribution in [0.5, 0.6) is 0 Å². The van der Waals surface area contributed by atoms with Crippen molar-refractivity contribution in [2.45, 2.75) is 0 Å². The molecule has 0 fully saturated rings. The first-order valence-electron chi connectivity index (χ1n) is 12.6. The van der Waals surface area contributed by atoms with Crippen LogP contribution in [0.3, 0.4) is 0 Å². The van der Waals surface area contributed by atoms with Crippen LogP contribution < -0.4 is 4.90 Å². The number of hydrogen-bond acceptors (Lipinski definition) is 3. The third kappa shape index (κ3) is 3.01. The van der Waals surface area contributed by atoms with Gasteiger partial charge >= 0.3 is 0 Å². The Balaban J connectivity index is 1.52. The summed E-state index contributed by atoms with van der Waals surface area (Å²) in [7, 11) is 0. The standard InChI is InChI=1S/C34H20FNO2/c35-21-16-18-22(19-17-21)36(29-13-7-12-27-24-9-3-5-14-31(24)38-34(27)29)30-20-28-25-10-4-6-15-32(25)37-33(28)26-11-2-1-8-23(26)30/h1-20H. The summed E-state index contributed by atoms with van der Waals surface area (Å²) < 4.78 is 26.9. The van der Waals surface area contributed by atoms with E-state index in [1.165, 1.54) is 12.1 Å². The molecule has 4 heteroatoms. The van der Waals surface area contributed by atoms with Crippen molar-refractivity contribution in [2.24, 2.45) is 0 Å². The molecule has 8 aromatic rings. The van der Waals surface area contributed by atoms with Crippen LogP contribution >= 0.6 is 0 Å². The van der Waals surface area contributed by atoms with Gasteiger partial charge in [0.2, 0.25) is 0 Å². The average Bonchev–Trinajstić information content (AvgIpc) is 3.53. The molecule has 0 amide bonds. The van der Waals surface area contributed by atoms with Gasteiger partial charge in [0.05, 0.1) is 11.4 Å². The van der Waals surface area contributed by atoms with Gasteiger partial charge in [-0.15, -0.1) is 0 Å². The van der Waals surface area contributed by atoms with Crippen molar-refractivity contribution < 1.29 is 13.2 Å². The van der Waals surface area contributed by atoms with Crippen LogP contribution in [-0.2, 0) is 0 Å². The van der Waals surface area contributed by atoms with Gasteiger partial charge in [0.15, 0.2) is 5.58 Å². The Kier molecular flexibility index (Phi) is 4.40. The molecule has 0 aliphatic carbocycles. The van der Waals surface area contributed by atoms with E-state index in [9.17, 15) is 4.39 Å². The van der Waals surface area contributed by atoms with E-state index in [0.29, 0.717) is 0 Å². The molecule has 0 unspecified atom stereocenters. The average molecular weight is 494 g/mol. The summed E-state index contributed by atoms with van der Waals surface area (Å²) in [4.78, 5) is 2.16. The molecule has 0 saturated carbocycles. The van der Waals surface area contributed by atoms with Crippen molar-refractivity contribution in [3.63, 3.8) is 0 Å². The molecule has 0 aliphatic rings. The number of anilines is 3. The quantitative estimate of drug-likeness (QED) is 0.245. The SMILES string of the molecule is Fc1ccc(N(c2cc3c4ccccc4oc3c3ccccc23)c2cccc3c2oc2ccccc23)cc1. The maximum absolute atomic E-state index is 14.1. The first-order valence-corrected chi connectivity index (χ1v) is 12.6. The fourth-order valence-electron chi connectivity index (χ4n) is 5.62. The van der Waals surface area contributed by atoms with E-state index >= 15 is 0 Å². The molecule has 0 atom stereocenters. The van der Waals surface area contributed by atoms with Gasteiger partial charge in [-0.25, -0.2) is 4.39 Å². The van der Waals surface area contributed by atoms with Gasteiger partial charge in [-0.1, -0.05) is 72.8 Å². The number of hydrogen-bond donors (Lipinski definition) is 0. The number of halogens is 1. The van der Waals surface area contributed by atoms with E-state index in [0.717, 1.165) is 71.7 Å². The molecule has 6 aromatic carbocycles. The third-order valence-corrected chi connectivity index (χ3v) is 7.31. The molecule has 180 valence electrons. The lowest BCUT2D eigenvalue weighted by Crippen LogP contribution is -2.11. The Labute approximate surface area is 216 Å². The van der Waals surface area contributed by atoms with Crippen LogP contribution in [0.25, 0.3) is 54.6 Å². The smallest absolute Gasteiger partial charge is 0.159 e. The second kappa shape index (κ2) is 7.95. The zero-order valence-corrected chi connectivity index (χ0v) is 20.2. The summed E-state index contributed by atoms with van der Waals surface area (Å²) in [6.07, 6.45) is 0. The topological polar surface area (TPSA) is 29.5 Å². The van der Waals surface area contributed by atoms with Crippen LogP contribution in [0.2, 0.25) is 0 Å². The fourth-order valence-corrected chi connectivity index (χ4v) is 5.62. The minimum absolute atomic E-state index is 0.281. The maximum Gasteiger partial charge on any atom is 0.159 e. The van der Waals surface area contributed by atoms with E-state index in [2.05, 4.69) is 47.4 Å². The zero-order chi connectivity index (χ0) is 25.2. The number of nitrogens with zero attached hydrogens (tertiary/aromatic N) is 1. The minimum atomic E-state index is -0.281. The van der Waals surface area contributed by atoms with Crippen LogP contribution in [0.1, 0.15) is 0 Å². The highest BCUT2D eigenvalue weighted by atomic mass is 19.1. The lowest BCUT2D eigenvalue weighted by molar-refractivity contribution is 0.628. The Hall–Kier alpha value is -5.09. The number of fused-ring (bicyclic) bond motifs is 8. The number of para-hydroxylation sites is 3. The molecule has 0 bridgehead atoms. The highest BCUT2D eigenvalue weighted by Gasteiger charge is 2.23.